The van der Waals surface area contributed by atoms with Gasteiger partial charge >= 0.3 is 0 Å². The molecule has 1 aromatic rings. The quantitative estimate of drug-likeness (QED) is 0.877. The molecule has 0 bridgehead atoms. The average Bonchev–Trinajstić information content (AvgIpc) is 2.75. The van der Waals surface area contributed by atoms with Crippen molar-refractivity contribution in [3.63, 3.8) is 0 Å². The number of nitrogens with zero attached hydrogens (tertiary/aromatic N) is 3. The smallest absolute Gasteiger partial charge is 0.0757 e. The highest BCUT2D eigenvalue weighted by Gasteiger charge is 2.37. The predicted molar refractivity (Wildman–Crippen MR) is 68.4 cm³/mol. The standard InChI is InChI=1S/C13H24N4/c1-4-17-11(9-15-16-17)12(14)10-7-5-6-8-13(10,2)3/h9-10,12H,4-8,14H2,1-3H3. The summed E-state index contributed by atoms with van der Waals surface area (Å²) in [7, 11) is 0. The van der Waals surface area contributed by atoms with Gasteiger partial charge in [0, 0.05) is 6.54 Å². The summed E-state index contributed by atoms with van der Waals surface area (Å²) >= 11 is 0. The van der Waals surface area contributed by atoms with E-state index in [0.29, 0.717) is 11.3 Å². The Bertz CT molecular complexity index is 369. The van der Waals surface area contributed by atoms with Crippen LogP contribution in [0.2, 0.25) is 0 Å². The fourth-order valence-corrected chi connectivity index (χ4v) is 3.16. The Balaban J connectivity index is 2.21. The Morgan fingerprint density at radius 3 is 2.94 bits per heavy atom. The zero-order valence-electron chi connectivity index (χ0n) is 11.2. The number of aryl methyl sites for hydroxylation is 1. The summed E-state index contributed by atoms with van der Waals surface area (Å²) < 4.78 is 1.93. The van der Waals surface area contributed by atoms with Crippen LogP contribution >= 0.6 is 0 Å². The maximum atomic E-state index is 6.47. The minimum absolute atomic E-state index is 0.0697. The van der Waals surface area contributed by atoms with Gasteiger partial charge in [0.05, 0.1) is 17.9 Å². The highest BCUT2D eigenvalue weighted by atomic mass is 15.4. The SMILES string of the molecule is CCn1nncc1C(N)C1CCCCC1(C)C. The van der Waals surface area contributed by atoms with Crippen molar-refractivity contribution >= 4 is 0 Å². The number of rotatable bonds is 3. The second-order valence-corrected chi connectivity index (χ2v) is 5.84. The Morgan fingerprint density at radius 1 is 1.53 bits per heavy atom. The topological polar surface area (TPSA) is 56.7 Å². The van der Waals surface area contributed by atoms with Gasteiger partial charge in [-0.25, -0.2) is 4.68 Å². The molecule has 1 heterocycles. The van der Waals surface area contributed by atoms with Crippen molar-refractivity contribution in [2.24, 2.45) is 17.1 Å². The highest BCUT2D eigenvalue weighted by molar-refractivity contribution is 5.06. The van der Waals surface area contributed by atoms with Crippen LogP contribution in [0.3, 0.4) is 0 Å². The molecule has 0 spiro atoms. The van der Waals surface area contributed by atoms with Crippen LogP contribution in [0.4, 0.5) is 0 Å². The lowest BCUT2D eigenvalue weighted by Gasteiger charge is -2.41. The van der Waals surface area contributed by atoms with Gasteiger partial charge in [-0.15, -0.1) is 5.10 Å². The van der Waals surface area contributed by atoms with Gasteiger partial charge in [0.2, 0.25) is 0 Å². The summed E-state index contributed by atoms with van der Waals surface area (Å²) in [6.07, 6.45) is 6.97. The molecule has 0 amide bonds. The van der Waals surface area contributed by atoms with Crippen LogP contribution in [0.25, 0.3) is 0 Å². The van der Waals surface area contributed by atoms with Crippen LogP contribution in [0.5, 0.6) is 0 Å². The summed E-state index contributed by atoms with van der Waals surface area (Å²) in [4.78, 5) is 0. The first kappa shape index (κ1) is 12.6. The van der Waals surface area contributed by atoms with E-state index in [-0.39, 0.29) is 6.04 Å². The highest BCUT2D eigenvalue weighted by Crippen LogP contribution is 2.45. The Hall–Kier alpha value is -0.900. The second kappa shape index (κ2) is 4.77. The van der Waals surface area contributed by atoms with Crippen molar-refractivity contribution < 1.29 is 0 Å². The van der Waals surface area contributed by atoms with Crippen molar-refractivity contribution in [2.75, 3.05) is 0 Å². The van der Waals surface area contributed by atoms with Crippen LogP contribution in [-0.2, 0) is 6.54 Å². The maximum absolute atomic E-state index is 6.47. The third-order valence-electron chi connectivity index (χ3n) is 4.31. The molecule has 1 aromatic heterocycles. The van der Waals surface area contributed by atoms with Gasteiger partial charge in [0.25, 0.3) is 0 Å². The first-order chi connectivity index (χ1) is 8.06. The van der Waals surface area contributed by atoms with Crippen molar-refractivity contribution in [3.8, 4) is 0 Å². The van der Waals surface area contributed by atoms with Gasteiger partial charge in [-0.2, -0.15) is 0 Å². The van der Waals surface area contributed by atoms with E-state index in [1.807, 2.05) is 10.9 Å². The average molecular weight is 236 g/mol. The molecule has 17 heavy (non-hydrogen) atoms. The van der Waals surface area contributed by atoms with Crippen molar-refractivity contribution in [2.45, 2.75) is 59.0 Å². The van der Waals surface area contributed by atoms with Crippen LogP contribution in [0.15, 0.2) is 6.20 Å². The molecule has 4 nitrogen and oxygen atoms in total. The molecule has 0 aliphatic heterocycles. The van der Waals surface area contributed by atoms with E-state index in [0.717, 1.165) is 12.2 Å². The fraction of sp³-hybridized carbons (Fsp3) is 0.846. The van der Waals surface area contributed by atoms with E-state index in [9.17, 15) is 0 Å². The molecule has 2 rings (SSSR count). The lowest BCUT2D eigenvalue weighted by Crippen LogP contribution is -2.37. The third kappa shape index (κ3) is 2.37. The van der Waals surface area contributed by atoms with Crippen molar-refractivity contribution in [1.82, 2.24) is 15.0 Å². The molecule has 1 saturated carbocycles. The lowest BCUT2D eigenvalue weighted by molar-refractivity contribution is 0.109. The normalized spacial score (nSPS) is 25.8. The largest absolute Gasteiger partial charge is 0.322 e. The first-order valence-electron chi connectivity index (χ1n) is 6.70. The maximum Gasteiger partial charge on any atom is 0.0757 e. The molecule has 96 valence electrons. The molecule has 1 aliphatic carbocycles. The molecule has 4 heteroatoms. The minimum atomic E-state index is 0.0697. The molecule has 0 aromatic carbocycles. The number of hydrogen-bond donors (Lipinski definition) is 1. The van der Waals surface area contributed by atoms with Crippen molar-refractivity contribution in [1.29, 1.82) is 0 Å². The fourth-order valence-electron chi connectivity index (χ4n) is 3.16. The molecule has 1 fully saturated rings. The molecule has 2 N–H and O–H groups in total. The van der Waals surface area contributed by atoms with Crippen molar-refractivity contribution in [3.05, 3.63) is 11.9 Å². The molecule has 1 aliphatic rings. The van der Waals surface area contributed by atoms with E-state index in [1.54, 1.807) is 0 Å². The minimum Gasteiger partial charge on any atom is -0.322 e. The van der Waals surface area contributed by atoms with Gasteiger partial charge in [-0.3, -0.25) is 0 Å². The van der Waals surface area contributed by atoms with Gasteiger partial charge in [-0.05, 0) is 31.1 Å². The van der Waals surface area contributed by atoms with E-state index >= 15 is 0 Å². The summed E-state index contributed by atoms with van der Waals surface area (Å²) in [6.45, 7) is 7.61. The zero-order valence-corrected chi connectivity index (χ0v) is 11.2. The molecular formula is C13H24N4. The summed E-state index contributed by atoms with van der Waals surface area (Å²) in [5.74, 6) is 0.542. The summed E-state index contributed by atoms with van der Waals surface area (Å²) in [5, 5.41) is 8.07. The summed E-state index contributed by atoms with van der Waals surface area (Å²) in [5.41, 5.74) is 7.89. The predicted octanol–water partition coefficient (Wildman–Crippen LogP) is 2.51. The van der Waals surface area contributed by atoms with Gasteiger partial charge < -0.3 is 5.73 Å². The van der Waals surface area contributed by atoms with E-state index in [1.165, 1.54) is 25.7 Å². The number of hydrogen-bond acceptors (Lipinski definition) is 3. The van der Waals surface area contributed by atoms with E-state index in [4.69, 9.17) is 5.73 Å². The molecule has 2 atom stereocenters. The summed E-state index contributed by atoms with van der Waals surface area (Å²) in [6, 6.07) is 0.0697. The molecule has 2 unspecified atom stereocenters. The van der Waals surface area contributed by atoms with Gasteiger partial charge in [0.1, 0.15) is 0 Å². The zero-order chi connectivity index (χ0) is 12.5. The van der Waals surface area contributed by atoms with Crippen LogP contribution in [0.1, 0.15) is 58.2 Å². The Labute approximate surface area is 104 Å². The Kier molecular flexibility index (Phi) is 3.52. The Morgan fingerprint density at radius 2 is 2.29 bits per heavy atom. The lowest BCUT2D eigenvalue weighted by atomic mass is 9.65. The first-order valence-corrected chi connectivity index (χ1v) is 6.70. The number of nitrogens with two attached hydrogens (primary N) is 1. The molecular weight excluding hydrogens is 212 g/mol. The van der Waals surface area contributed by atoms with Crippen LogP contribution in [0, 0.1) is 11.3 Å². The van der Waals surface area contributed by atoms with Crippen LogP contribution < -0.4 is 5.73 Å². The monoisotopic (exact) mass is 236 g/mol. The van der Waals surface area contributed by atoms with E-state index < -0.39 is 0 Å². The molecule has 0 saturated heterocycles. The third-order valence-corrected chi connectivity index (χ3v) is 4.31. The van der Waals surface area contributed by atoms with Gasteiger partial charge in [-0.1, -0.05) is 31.9 Å². The van der Waals surface area contributed by atoms with Gasteiger partial charge in [0.15, 0.2) is 0 Å². The number of aromatic nitrogens is 3. The second-order valence-electron chi connectivity index (χ2n) is 5.84. The molecule has 0 radical (unpaired) electrons. The van der Waals surface area contributed by atoms with E-state index in [2.05, 4.69) is 31.1 Å². The van der Waals surface area contributed by atoms with Crippen LogP contribution in [-0.4, -0.2) is 15.0 Å².